The number of nitrogens with one attached hydrogen (secondary N) is 2. The van der Waals surface area contributed by atoms with Crippen LogP contribution < -0.4 is 5.32 Å². The van der Waals surface area contributed by atoms with Crippen molar-refractivity contribution in [3.63, 3.8) is 0 Å². The predicted octanol–water partition coefficient (Wildman–Crippen LogP) is 3.14. The maximum Gasteiger partial charge on any atom is 0.272 e. The van der Waals surface area contributed by atoms with Crippen molar-refractivity contribution in [1.29, 1.82) is 0 Å². The molecule has 4 heteroatoms. The molecule has 0 radical (unpaired) electrons. The standard InChI is InChI=1S/C17H21N3O/c1-10-6-11(2)14(12(3)7-10)9-18-17(21)16-8-15(19-20-16)13-4-5-13/h6-8,13H,4-5,9H2,1-3H3,(H,18,21)(H,19,20). The van der Waals surface area contributed by atoms with Crippen molar-refractivity contribution in [2.24, 2.45) is 0 Å². The predicted molar refractivity (Wildman–Crippen MR) is 82.4 cm³/mol. The zero-order chi connectivity index (χ0) is 15.0. The molecule has 1 aromatic carbocycles. The van der Waals surface area contributed by atoms with Crippen LogP contribution in [0.3, 0.4) is 0 Å². The highest BCUT2D eigenvalue weighted by molar-refractivity contribution is 5.92. The summed E-state index contributed by atoms with van der Waals surface area (Å²) >= 11 is 0. The molecular formula is C17H21N3O. The highest BCUT2D eigenvalue weighted by Gasteiger charge is 2.26. The Balaban J connectivity index is 1.67. The molecule has 2 aromatic rings. The van der Waals surface area contributed by atoms with Gasteiger partial charge in [0.2, 0.25) is 0 Å². The van der Waals surface area contributed by atoms with Crippen LogP contribution in [0.15, 0.2) is 18.2 Å². The van der Waals surface area contributed by atoms with E-state index in [1.54, 1.807) is 0 Å². The lowest BCUT2D eigenvalue weighted by Gasteiger charge is -2.11. The zero-order valence-corrected chi connectivity index (χ0v) is 12.8. The van der Waals surface area contributed by atoms with Gasteiger partial charge in [-0.05, 0) is 56.4 Å². The van der Waals surface area contributed by atoms with E-state index in [1.165, 1.54) is 35.1 Å². The van der Waals surface area contributed by atoms with Gasteiger partial charge in [-0.3, -0.25) is 9.89 Å². The maximum absolute atomic E-state index is 12.2. The van der Waals surface area contributed by atoms with Crippen molar-refractivity contribution in [3.05, 3.63) is 51.8 Å². The molecule has 0 bridgehead atoms. The molecule has 21 heavy (non-hydrogen) atoms. The molecule has 1 aliphatic carbocycles. The van der Waals surface area contributed by atoms with Crippen LogP contribution in [0.1, 0.15) is 57.2 Å². The Bertz CT molecular complexity index is 660. The summed E-state index contributed by atoms with van der Waals surface area (Å²) in [7, 11) is 0. The summed E-state index contributed by atoms with van der Waals surface area (Å²) in [6, 6.07) is 6.17. The molecule has 1 saturated carbocycles. The van der Waals surface area contributed by atoms with E-state index < -0.39 is 0 Å². The summed E-state index contributed by atoms with van der Waals surface area (Å²) in [5.41, 5.74) is 6.44. The first-order valence-corrected chi connectivity index (χ1v) is 7.45. The number of H-pyrrole nitrogens is 1. The van der Waals surface area contributed by atoms with Crippen molar-refractivity contribution in [2.45, 2.75) is 46.1 Å². The first kappa shape index (κ1) is 13.9. The maximum atomic E-state index is 12.2. The number of aromatic nitrogens is 2. The van der Waals surface area contributed by atoms with Gasteiger partial charge in [0.1, 0.15) is 5.69 Å². The minimum atomic E-state index is -0.113. The number of aryl methyl sites for hydroxylation is 3. The van der Waals surface area contributed by atoms with E-state index in [9.17, 15) is 4.79 Å². The summed E-state index contributed by atoms with van der Waals surface area (Å²) in [6.45, 7) is 6.80. The molecule has 1 heterocycles. The monoisotopic (exact) mass is 283 g/mol. The van der Waals surface area contributed by atoms with Crippen LogP contribution >= 0.6 is 0 Å². The van der Waals surface area contributed by atoms with Gasteiger partial charge in [0.25, 0.3) is 5.91 Å². The third-order valence-corrected chi connectivity index (χ3v) is 4.11. The Hall–Kier alpha value is -2.10. The second kappa shape index (κ2) is 5.35. The molecular weight excluding hydrogens is 262 g/mol. The van der Waals surface area contributed by atoms with E-state index in [0.717, 1.165) is 5.69 Å². The van der Waals surface area contributed by atoms with Crippen LogP contribution in [-0.2, 0) is 6.54 Å². The average Bonchev–Trinajstić information content (AvgIpc) is 3.15. The number of nitrogens with zero attached hydrogens (tertiary/aromatic N) is 1. The Kier molecular flexibility index (Phi) is 3.53. The summed E-state index contributed by atoms with van der Waals surface area (Å²) in [5.74, 6) is 0.471. The number of benzene rings is 1. The lowest BCUT2D eigenvalue weighted by Crippen LogP contribution is -2.24. The number of amides is 1. The fourth-order valence-electron chi connectivity index (χ4n) is 2.80. The lowest BCUT2D eigenvalue weighted by molar-refractivity contribution is 0.0946. The lowest BCUT2D eigenvalue weighted by atomic mass is 10.00. The van der Waals surface area contributed by atoms with Crippen molar-refractivity contribution in [2.75, 3.05) is 0 Å². The quantitative estimate of drug-likeness (QED) is 0.905. The number of rotatable bonds is 4. The molecule has 0 saturated heterocycles. The van der Waals surface area contributed by atoms with Gasteiger partial charge in [-0.15, -0.1) is 0 Å². The molecule has 0 aliphatic heterocycles. The average molecular weight is 283 g/mol. The van der Waals surface area contributed by atoms with Crippen molar-refractivity contribution < 1.29 is 4.79 Å². The normalized spacial score (nSPS) is 14.2. The Morgan fingerprint density at radius 3 is 2.52 bits per heavy atom. The van der Waals surface area contributed by atoms with Crippen LogP contribution in [-0.4, -0.2) is 16.1 Å². The molecule has 0 spiro atoms. The summed E-state index contributed by atoms with van der Waals surface area (Å²) in [6.07, 6.45) is 2.40. The van der Waals surface area contributed by atoms with Gasteiger partial charge in [-0.25, -0.2) is 0 Å². The van der Waals surface area contributed by atoms with Crippen LogP contribution in [0.4, 0.5) is 0 Å². The molecule has 3 rings (SSSR count). The van der Waals surface area contributed by atoms with Crippen LogP contribution in [0.5, 0.6) is 0 Å². The highest BCUT2D eigenvalue weighted by Crippen LogP contribution is 2.38. The third-order valence-electron chi connectivity index (χ3n) is 4.11. The number of aromatic amines is 1. The second-order valence-electron chi connectivity index (χ2n) is 6.04. The van der Waals surface area contributed by atoms with E-state index in [0.29, 0.717) is 18.2 Å². The summed E-state index contributed by atoms with van der Waals surface area (Å²) in [5, 5.41) is 10.0. The van der Waals surface area contributed by atoms with Crippen molar-refractivity contribution >= 4 is 5.91 Å². The second-order valence-corrected chi connectivity index (χ2v) is 6.04. The number of hydrogen-bond donors (Lipinski definition) is 2. The van der Waals surface area contributed by atoms with E-state index in [4.69, 9.17) is 0 Å². The largest absolute Gasteiger partial charge is 0.347 e. The van der Waals surface area contributed by atoms with Crippen LogP contribution in [0.2, 0.25) is 0 Å². The molecule has 1 aliphatic rings. The smallest absolute Gasteiger partial charge is 0.272 e. The Morgan fingerprint density at radius 2 is 1.90 bits per heavy atom. The first-order chi connectivity index (χ1) is 10.0. The van der Waals surface area contributed by atoms with Gasteiger partial charge in [0.05, 0.1) is 0 Å². The van der Waals surface area contributed by atoms with Gasteiger partial charge in [0, 0.05) is 18.2 Å². The Morgan fingerprint density at radius 1 is 1.24 bits per heavy atom. The Labute approximate surface area is 125 Å². The highest BCUT2D eigenvalue weighted by atomic mass is 16.1. The molecule has 1 fully saturated rings. The number of carbonyl (C=O) groups is 1. The SMILES string of the molecule is Cc1cc(C)c(CNC(=O)c2cc(C3CC3)[nH]n2)c(C)c1. The van der Waals surface area contributed by atoms with Crippen molar-refractivity contribution in [3.8, 4) is 0 Å². The van der Waals surface area contributed by atoms with Gasteiger partial charge in [-0.2, -0.15) is 5.10 Å². The molecule has 1 amide bonds. The topological polar surface area (TPSA) is 57.8 Å². The fraction of sp³-hybridized carbons (Fsp3) is 0.412. The molecule has 110 valence electrons. The van der Waals surface area contributed by atoms with E-state index >= 15 is 0 Å². The van der Waals surface area contributed by atoms with E-state index in [2.05, 4.69) is 48.4 Å². The third kappa shape index (κ3) is 2.99. The van der Waals surface area contributed by atoms with Gasteiger partial charge >= 0.3 is 0 Å². The molecule has 0 atom stereocenters. The molecule has 2 N–H and O–H groups in total. The van der Waals surface area contributed by atoms with Crippen LogP contribution in [0, 0.1) is 20.8 Å². The molecule has 4 nitrogen and oxygen atoms in total. The fourth-order valence-corrected chi connectivity index (χ4v) is 2.80. The number of hydrogen-bond acceptors (Lipinski definition) is 2. The van der Waals surface area contributed by atoms with E-state index in [1.807, 2.05) is 6.07 Å². The number of carbonyl (C=O) groups excluding carboxylic acids is 1. The van der Waals surface area contributed by atoms with Gasteiger partial charge in [-0.1, -0.05) is 17.7 Å². The van der Waals surface area contributed by atoms with Gasteiger partial charge in [0.15, 0.2) is 0 Å². The molecule has 1 aromatic heterocycles. The van der Waals surface area contributed by atoms with E-state index in [-0.39, 0.29) is 5.91 Å². The molecule has 0 unspecified atom stereocenters. The minimum absolute atomic E-state index is 0.113. The minimum Gasteiger partial charge on any atom is -0.347 e. The summed E-state index contributed by atoms with van der Waals surface area (Å²) < 4.78 is 0. The van der Waals surface area contributed by atoms with Gasteiger partial charge < -0.3 is 5.32 Å². The first-order valence-electron chi connectivity index (χ1n) is 7.45. The van der Waals surface area contributed by atoms with Crippen LogP contribution in [0.25, 0.3) is 0 Å². The summed E-state index contributed by atoms with van der Waals surface area (Å²) in [4.78, 5) is 12.2. The van der Waals surface area contributed by atoms with Crippen molar-refractivity contribution in [1.82, 2.24) is 15.5 Å². The zero-order valence-electron chi connectivity index (χ0n) is 12.8.